The van der Waals surface area contributed by atoms with Crippen molar-refractivity contribution in [2.75, 3.05) is 24.4 Å². The summed E-state index contributed by atoms with van der Waals surface area (Å²) in [5.74, 6) is 3.41. The number of aryl methyl sites for hydroxylation is 3. The lowest BCUT2D eigenvalue weighted by atomic mass is 9.92. The van der Waals surface area contributed by atoms with Crippen LogP contribution in [0.4, 0.5) is 22.9 Å². The monoisotopic (exact) mass is 568 g/mol. The minimum Gasteiger partial charge on any atom is -0.493 e. The van der Waals surface area contributed by atoms with Crippen LogP contribution in [-0.2, 0) is 0 Å². The van der Waals surface area contributed by atoms with Gasteiger partial charge in [0.1, 0.15) is 0 Å². The molecule has 0 radical (unpaired) electrons. The summed E-state index contributed by atoms with van der Waals surface area (Å²) in [5, 5.41) is 8.63. The number of para-hydroxylation sites is 4. The summed E-state index contributed by atoms with van der Waals surface area (Å²) in [7, 11) is 3.34. The Morgan fingerprint density at radius 2 is 1.56 bits per heavy atom. The van der Waals surface area contributed by atoms with Crippen LogP contribution in [0.25, 0.3) is 5.69 Å². The first-order chi connectivity index (χ1) is 21.0. The second-order valence-corrected chi connectivity index (χ2v) is 10.7. The summed E-state index contributed by atoms with van der Waals surface area (Å²) >= 11 is 0. The summed E-state index contributed by atoms with van der Waals surface area (Å²) in [6.07, 6.45) is 0. The van der Waals surface area contributed by atoms with E-state index in [0.717, 1.165) is 45.4 Å². The number of anilines is 2. The molecule has 214 valence electrons. The molecule has 0 saturated heterocycles. The lowest BCUT2D eigenvalue weighted by molar-refractivity contribution is 0.350. The van der Waals surface area contributed by atoms with E-state index >= 15 is 0 Å². The Hall–Kier alpha value is -5.37. The number of amidine groups is 2. The fourth-order valence-corrected chi connectivity index (χ4v) is 5.92. The quantitative estimate of drug-likeness (QED) is 0.236. The SMILES string of the molecule is COc1cccc([C@H]2c3c(C)nn(-c4ccccc4)c3N=C3C(Nc4ccc(C)c(C)c4)=Nc4ccccc4N32)c1OC. The highest BCUT2D eigenvalue weighted by Crippen LogP contribution is 2.51. The van der Waals surface area contributed by atoms with Crippen LogP contribution in [0.2, 0.25) is 0 Å². The van der Waals surface area contributed by atoms with Crippen LogP contribution < -0.4 is 19.7 Å². The molecule has 0 fully saturated rings. The van der Waals surface area contributed by atoms with Crippen molar-refractivity contribution in [2.45, 2.75) is 26.8 Å². The van der Waals surface area contributed by atoms with E-state index < -0.39 is 0 Å². The number of methoxy groups -OCH3 is 2. The normalized spacial score (nSPS) is 15.1. The second kappa shape index (κ2) is 10.5. The second-order valence-electron chi connectivity index (χ2n) is 10.7. The third-order valence-electron chi connectivity index (χ3n) is 8.14. The van der Waals surface area contributed by atoms with E-state index in [-0.39, 0.29) is 6.04 Å². The largest absolute Gasteiger partial charge is 0.493 e. The Labute approximate surface area is 251 Å². The van der Waals surface area contributed by atoms with E-state index in [1.165, 1.54) is 11.1 Å². The number of benzene rings is 4. The van der Waals surface area contributed by atoms with Gasteiger partial charge in [0.25, 0.3) is 0 Å². The molecule has 1 aromatic heterocycles. The number of rotatable bonds is 5. The van der Waals surface area contributed by atoms with E-state index in [1.54, 1.807) is 14.2 Å². The van der Waals surface area contributed by atoms with E-state index in [0.29, 0.717) is 23.2 Å². The van der Waals surface area contributed by atoms with Crippen LogP contribution >= 0.6 is 0 Å². The number of aromatic nitrogens is 2. The van der Waals surface area contributed by atoms with Crippen molar-refractivity contribution in [1.29, 1.82) is 0 Å². The predicted octanol–water partition coefficient (Wildman–Crippen LogP) is 7.61. The highest BCUT2D eigenvalue weighted by Gasteiger charge is 2.43. The van der Waals surface area contributed by atoms with Crippen LogP contribution in [0.3, 0.4) is 0 Å². The summed E-state index contributed by atoms with van der Waals surface area (Å²) in [6, 6.07) is 30.2. The highest BCUT2D eigenvalue weighted by atomic mass is 16.5. The fraction of sp³-hybridized carbons (Fsp3) is 0.171. The molecule has 7 rings (SSSR count). The Morgan fingerprint density at radius 1 is 0.767 bits per heavy atom. The molecule has 4 aromatic carbocycles. The maximum atomic E-state index is 6.02. The van der Waals surface area contributed by atoms with Crippen LogP contribution in [0.15, 0.2) is 101 Å². The van der Waals surface area contributed by atoms with Gasteiger partial charge in [0.15, 0.2) is 29.0 Å². The lowest BCUT2D eigenvalue weighted by Crippen LogP contribution is -2.46. The average Bonchev–Trinajstić information content (AvgIpc) is 3.37. The van der Waals surface area contributed by atoms with Gasteiger partial charge in [0, 0.05) is 16.8 Å². The molecule has 43 heavy (non-hydrogen) atoms. The summed E-state index contributed by atoms with van der Waals surface area (Å²) in [4.78, 5) is 12.7. The maximum Gasteiger partial charge on any atom is 0.179 e. The number of nitrogens with one attached hydrogen (secondary N) is 1. The molecule has 0 unspecified atom stereocenters. The molecule has 0 aliphatic carbocycles. The van der Waals surface area contributed by atoms with Gasteiger partial charge in [-0.1, -0.05) is 48.5 Å². The van der Waals surface area contributed by atoms with Crippen molar-refractivity contribution in [1.82, 2.24) is 9.78 Å². The van der Waals surface area contributed by atoms with Gasteiger partial charge in [-0.25, -0.2) is 14.7 Å². The van der Waals surface area contributed by atoms with Gasteiger partial charge < -0.3 is 19.7 Å². The Balaban J connectivity index is 1.52. The Morgan fingerprint density at radius 3 is 2.33 bits per heavy atom. The summed E-state index contributed by atoms with van der Waals surface area (Å²) < 4.78 is 13.7. The molecule has 2 aliphatic rings. The van der Waals surface area contributed by atoms with Crippen molar-refractivity contribution in [2.24, 2.45) is 9.98 Å². The van der Waals surface area contributed by atoms with Crippen molar-refractivity contribution in [3.8, 4) is 17.2 Å². The minimum atomic E-state index is -0.335. The first kappa shape index (κ1) is 26.5. The van der Waals surface area contributed by atoms with Crippen LogP contribution in [0, 0.1) is 20.8 Å². The van der Waals surface area contributed by atoms with Crippen molar-refractivity contribution in [3.05, 3.63) is 119 Å². The molecule has 0 spiro atoms. The highest BCUT2D eigenvalue weighted by molar-refractivity contribution is 6.51. The summed E-state index contributed by atoms with van der Waals surface area (Å²) in [6.45, 7) is 6.26. The molecule has 1 atom stereocenters. The van der Waals surface area contributed by atoms with Gasteiger partial charge in [-0.05, 0) is 74.4 Å². The Kier molecular flexibility index (Phi) is 6.46. The molecule has 8 nitrogen and oxygen atoms in total. The van der Waals surface area contributed by atoms with E-state index in [4.69, 9.17) is 24.6 Å². The van der Waals surface area contributed by atoms with Crippen LogP contribution in [-0.4, -0.2) is 35.7 Å². The van der Waals surface area contributed by atoms with E-state index in [1.807, 2.05) is 72.3 Å². The third-order valence-corrected chi connectivity index (χ3v) is 8.14. The minimum absolute atomic E-state index is 0.335. The number of aliphatic imine (C=N–C) groups is 2. The number of hydrogen-bond donors (Lipinski definition) is 1. The average molecular weight is 569 g/mol. The molecular formula is C35H32N6O2. The maximum absolute atomic E-state index is 6.02. The van der Waals surface area contributed by atoms with Gasteiger partial charge in [-0.15, -0.1) is 0 Å². The Bertz CT molecular complexity index is 1920. The smallest absolute Gasteiger partial charge is 0.179 e. The lowest BCUT2D eigenvalue weighted by Gasteiger charge is -2.41. The van der Waals surface area contributed by atoms with E-state index in [9.17, 15) is 0 Å². The molecule has 5 aromatic rings. The van der Waals surface area contributed by atoms with Crippen LogP contribution in [0.5, 0.6) is 11.5 Å². The molecule has 0 amide bonds. The predicted molar refractivity (Wildman–Crippen MR) is 172 cm³/mol. The van der Waals surface area contributed by atoms with Gasteiger partial charge >= 0.3 is 0 Å². The van der Waals surface area contributed by atoms with Crippen molar-refractivity contribution < 1.29 is 9.47 Å². The standard InChI is InChI=1S/C35H32N6O2/c1-21-18-19-24(20-22(21)2)36-33-35-38-34-30(23(3)39-41(34)25-12-7-6-8-13-25)31(26-14-11-17-29(42-4)32(26)43-5)40(35)28-16-10-9-15-27(28)37-33/h6-20,31H,1-5H3,(H,36,37)/t31-/m0/s1. The first-order valence-corrected chi connectivity index (χ1v) is 14.2. The fourth-order valence-electron chi connectivity index (χ4n) is 5.92. The van der Waals surface area contributed by atoms with Gasteiger partial charge in [-0.3, -0.25) is 0 Å². The number of ether oxygens (including phenoxy) is 2. The van der Waals surface area contributed by atoms with Crippen LogP contribution in [0.1, 0.15) is 34.0 Å². The topological polar surface area (TPSA) is 76.3 Å². The van der Waals surface area contributed by atoms with Gasteiger partial charge in [-0.2, -0.15) is 5.10 Å². The number of hydrogen-bond acceptors (Lipinski definition) is 7. The molecule has 0 saturated carbocycles. The number of nitrogens with zero attached hydrogens (tertiary/aromatic N) is 5. The van der Waals surface area contributed by atoms with Crippen molar-refractivity contribution in [3.63, 3.8) is 0 Å². The third kappa shape index (κ3) is 4.34. The zero-order valence-electron chi connectivity index (χ0n) is 24.8. The van der Waals surface area contributed by atoms with Gasteiger partial charge in [0.2, 0.25) is 0 Å². The first-order valence-electron chi connectivity index (χ1n) is 14.2. The molecule has 3 heterocycles. The summed E-state index contributed by atoms with van der Waals surface area (Å²) in [5.41, 5.74) is 8.89. The zero-order chi connectivity index (χ0) is 29.7. The van der Waals surface area contributed by atoms with E-state index in [2.05, 4.69) is 54.4 Å². The number of fused-ring (bicyclic) bond motifs is 4. The molecule has 2 aliphatic heterocycles. The van der Waals surface area contributed by atoms with Crippen molar-refractivity contribution >= 4 is 34.6 Å². The van der Waals surface area contributed by atoms with Gasteiger partial charge in [0.05, 0.1) is 43.0 Å². The zero-order valence-corrected chi connectivity index (χ0v) is 24.8. The molecular weight excluding hydrogens is 536 g/mol. The molecule has 0 bridgehead atoms. The molecule has 8 heteroatoms. The molecule has 1 N–H and O–H groups in total.